The highest BCUT2D eigenvalue weighted by atomic mass is 32.1. The number of thiophene rings is 2. The van der Waals surface area contributed by atoms with Crippen molar-refractivity contribution >= 4 is 28.7 Å². The fourth-order valence-electron chi connectivity index (χ4n) is 2.79. The second-order valence-electron chi connectivity index (χ2n) is 6.08. The molecular weight excluding hydrogens is 396 g/mol. The van der Waals surface area contributed by atoms with Crippen LogP contribution in [0.15, 0.2) is 52.5 Å². The maximum atomic E-state index is 12.3. The lowest BCUT2D eigenvalue weighted by atomic mass is 9.94. The van der Waals surface area contributed by atoms with E-state index in [0.29, 0.717) is 18.0 Å². The van der Waals surface area contributed by atoms with Crippen LogP contribution in [0.5, 0.6) is 11.5 Å². The molecule has 0 saturated carbocycles. The molecule has 3 aromatic rings. The molecule has 8 heteroatoms. The minimum Gasteiger partial charge on any atom is -0.493 e. The van der Waals surface area contributed by atoms with E-state index in [1.807, 2.05) is 46.5 Å². The molecule has 2 aromatic heterocycles. The van der Waals surface area contributed by atoms with Crippen molar-refractivity contribution in [2.45, 2.75) is 12.1 Å². The number of benzene rings is 1. The SMILES string of the molecule is COc1ccc(CNC(=O)NCC(O)(c2ccsc2)c2cccs2)cc1OC. The molecule has 0 radical (unpaired) electrons. The maximum Gasteiger partial charge on any atom is 0.315 e. The first-order valence-electron chi connectivity index (χ1n) is 8.58. The molecule has 3 N–H and O–H groups in total. The van der Waals surface area contributed by atoms with Crippen molar-refractivity contribution in [2.24, 2.45) is 0 Å². The van der Waals surface area contributed by atoms with Crippen LogP contribution in [0.4, 0.5) is 4.79 Å². The topological polar surface area (TPSA) is 79.8 Å². The molecule has 0 fully saturated rings. The van der Waals surface area contributed by atoms with Gasteiger partial charge in [0.2, 0.25) is 0 Å². The summed E-state index contributed by atoms with van der Waals surface area (Å²) in [5.41, 5.74) is 0.383. The Hall–Kier alpha value is -2.55. The van der Waals surface area contributed by atoms with Gasteiger partial charge in [0.1, 0.15) is 5.60 Å². The number of carbonyl (C=O) groups excluding carboxylic acids is 1. The maximum absolute atomic E-state index is 12.3. The van der Waals surface area contributed by atoms with Crippen molar-refractivity contribution in [1.82, 2.24) is 10.6 Å². The first-order chi connectivity index (χ1) is 13.6. The number of rotatable bonds is 8. The van der Waals surface area contributed by atoms with E-state index >= 15 is 0 Å². The van der Waals surface area contributed by atoms with Crippen LogP contribution in [0.2, 0.25) is 0 Å². The van der Waals surface area contributed by atoms with Crippen molar-refractivity contribution in [3.05, 3.63) is 68.5 Å². The second kappa shape index (κ2) is 9.09. The van der Waals surface area contributed by atoms with Crippen molar-refractivity contribution in [3.8, 4) is 11.5 Å². The van der Waals surface area contributed by atoms with Crippen LogP contribution in [0.25, 0.3) is 0 Å². The minimum atomic E-state index is -1.26. The number of aliphatic hydroxyl groups is 1. The Balaban J connectivity index is 1.61. The van der Waals surface area contributed by atoms with Gasteiger partial charge in [0, 0.05) is 17.0 Å². The third-order valence-corrected chi connectivity index (χ3v) is 6.04. The number of urea groups is 1. The summed E-state index contributed by atoms with van der Waals surface area (Å²) in [7, 11) is 3.14. The van der Waals surface area contributed by atoms with Gasteiger partial charge in [0.25, 0.3) is 0 Å². The predicted molar refractivity (Wildman–Crippen MR) is 111 cm³/mol. The summed E-state index contributed by atoms with van der Waals surface area (Å²) in [6, 6.07) is 10.7. The molecular formula is C20H22N2O4S2. The van der Waals surface area contributed by atoms with E-state index in [1.54, 1.807) is 20.3 Å². The number of ether oxygens (including phenoxy) is 2. The Kier molecular flexibility index (Phi) is 6.56. The standard InChI is InChI=1S/C20H22N2O4S2/c1-25-16-6-5-14(10-17(16)26-2)11-21-19(23)22-13-20(24,15-7-9-27-12-15)18-4-3-8-28-18/h3-10,12,24H,11,13H2,1-2H3,(H2,21,22,23). The van der Waals surface area contributed by atoms with E-state index in [0.717, 1.165) is 16.0 Å². The molecule has 0 aliphatic carbocycles. The third kappa shape index (κ3) is 4.46. The molecule has 0 spiro atoms. The Morgan fingerprint density at radius 1 is 1.11 bits per heavy atom. The lowest BCUT2D eigenvalue weighted by Gasteiger charge is -2.27. The Morgan fingerprint density at radius 3 is 2.57 bits per heavy atom. The van der Waals surface area contributed by atoms with E-state index in [1.165, 1.54) is 22.7 Å². The molecule has 3 rings (SSSR count). The van der Waals surface area contributed by atoms with E-state index in [2.05, 4.69) is 10.6 Å². The van der Waals surface area contributed by atoms with E-state index in [4.69, 9.17) is 9.47 Å². The van der Waals surface area contributed by atoms with Crippen LogP contribution in [0.3, 0.4) is 0 Å². The zero-order valence-corrected chi connectivity index (χ0v) is 17.2. The molecule has 0 aliphatic heterocycles. The summed E-state index contributed by atoms with van der Waals surface area (Å²) in [6.07, 6.45) is 0. The zero-order valence-electron chi connectivity index (χ0n) is 15.6. The average molecular weight is 419 g/mol. The predicted octanol–water partition coefficient (Wildman–Crippen LogP) is 3.56. The van der Waals surface area contributed by atoms with Crippen LogP contribution < -0.4 is 20.1 Å². The summed E-state index contributed by atoms with van der Waals surface area (Å²) in [4.78, 5) is 13.1. The lowest BCUT2D eigenvalue weighted by Crippen LogP contribution is -2.44. The molecule has 28 heavy (non-hydrogen) atoms. The Labute approximate surface area is 171 Å². The van der Waals surface area contributed by atoms with Crippen molar-refractivity contribution < 1.29 is 19.4 Å². The van der Waals surface area contributed by atoms with Gasteiger partial charge in [-0.3, -0.25) is 0 Å². The van der Waals surface area contributed by atoms with Crippen molar-refractivity contribution in [1.29, 1.82) is 0 Å². The quantitative estimate of drug-likeness (QED) is 0.523. The van der Waals surface area contributed by atoms with Crippen molar-refractivity contribution in [3.63, 3.8) is 0 Å². The minimum absolute atomic E-state index is 0.0714. The summed E-state index contributed by atoms with van der Waals surface area (Å²) in [5, 5.41) is 22.5. The molecule has 2 amide bonds. The number of hydrogen-bond donors (Lipinski definition) is 3. The van der Waals surface area contributed by atoms with Gasteiger partial charge in [-0.15, -0.1) is 11.3 Å². The molecule has 0 bridgehead atoms. The number of carbonyl (C=O) groups is 1. The Morgan fingerprint density at radius 2 is 1.93 bits per heavy atom. The zero-order chi connectivity index (χ0) is 20.0. The van der Waals surface area contributed by atoms with Crippen LogP contribution >= 0.6 is 22.7 Å². The van der Waals surface area contributed by atoms with Crippen LogP contribution in [0, 0.1) is 0 Å². The normalized spacial score (nSPS) is 12.8. The molecule has 2 heterocycles. The fourth-order valence-corrected chi connectivity index (χ4v) is 4.36. The van der Waals surface area contributed by atoms with Gasteiger partial charge in [-0.2, -0.15) is 11.3 Å². The monoisotopic (exact) mass is 418 g/mol. The molecule has 1 unspecified atom stereocenters. The van der Waals surface area contributed by atoms with Crippen LogP contribution in [0.1, 0.15) is 16.0 Å². The van der Waals surface area contributed by atoms with E-state index in [-0.39, 0.29) is 12.6 Å². The summed E-state index contributed by atoms with van der Waals surface area (Å²) >= 11 is 2.96. The van der Waals surface area contributed by atoms with Gasteiger partial charge in [-0.1, -0.05) is 12.1 Å². The summed E-state index contributed by atoms with van der Waals surface area (Å²) in [5.74, 6) is 1.24. The lowest BCUT2D eigenvalue weighted by molar-refractivity contribution is 0.0863. The number of nitrogens with one attached hydrogen (secondary N) is 2. The highest BCUT2D eigenvalue weighted by Crippen LogP contribution is 2.33. The first kappa shape index (κ1) is 20.2. The highest BCUT2D eigenvalue weighted by Gasteiger charge is 2.33. The van der Waals surface area contributed by atoms with Gasteiger partial charge in [-0.25, -0.2) is 4.79 Å². The van der Waals surface area contributed by atoms with Gasteiger partial charge >= 0.3 is 6.03 Å². The van der Waals surface area contributed by atoms with Crippen LogP contribution in [-0.4, -0.2) is 31.9 Å². The number of methoxy groups -OCH3 is 2. The van der Waals surface area contributed by atoms with Gasteiger partial charge < -0.3 is 25.2 Å². The number of hydrogen-bond acceptors (Lipinski definition) is 6. The fraction of sp³-hybridized carbons (Fsp3) is 0.250. The van der Waals surface area contributed by atoms with E-state index in [9.17, 15) is 9.90 Å². The van der Waals surface area contributed by atoms with Crippen molar-refractivity contribution in [2.75, 3.05) is 20.8 Å². The number of amides is 2. The van der Waals surface area contributed by atoms with Gasteiger partial charge in [-0.05, 0) is 46.0 Å². The molecule has 0 aliphatic rings. The average Bonchev–Trinajstić information content (AvgIpc) is 3.44. The summed E-state index contributed by atoms with van der Waals surface area (Å²) in [6.45, 7) is 0.393. The summed E-state index contributed by atoms with van der Waals surface area (Å²) < 4.78 is 10.5. The van der Waals surface area contributed by atoms with Gasteiger partial charge in [0.15, 0.2) is 11.5 Å². The first-order valence-corrected chi connectivity index (χ1v) is 10.4. The highest BCUT2D eigenvalue weighted by molar-refractivity contribution is 7.10. The third-order valence-electron chi connectivity index (χ3n) is 4.33. The molecule has 0 saturated heterocycles. The molecule has 148 valence electrons. The Bertz CT molecular complexity index is 861. The van der Waals surface area contributed by atoms with E-state index < -0.39 is 5.60 Å². The van der Waals surface area contributed by atoms with Gasteiger partial charge in [0.05, 0.1) is 20.8 Å². The molecule has 1 aromatic carbocycles. The smallest absolute Gasteiger partial charge is 0.315 e. The largest absolute Gasteiger partial charge is 0.493 e. The van der Waals surface area contributed by atoms with Crippen LogP contribution in [-0.2, 0) is 12.1 Å². The second-order valence-corrected chi connectivity index (χ2v) is 7.80. The molecule has 6 nitrogen and oxygen atoms in total. The molecule has 1 atom stereocenters.